The summed E-state index contributed by atoms with van der Waals surface area (Å²) in [5, 5.41) is 0. The molecule has 0 aromatic carbocycles. The molecule has 0 aromatic heterocycles. The fraction of sp³-hybridized carbons (Fsp3) is 0.754. The maximum Gasteiger partial charge on any atom is 0.306 e. The first-order chi connectivity index (χ1) is 33.0. The molecule has 1 atom stereocenters. The Bertz CT molecular complexity index is 1260. The molecule has 0 aliphatic carbocycles. The van der Waals surface area contributed by atoms with E-state index in [9.17, 15) is 14.4 Å². The summed E-state index contributed by atoms with van der Waals surface area (Å²) < 4.78 is 16.9. The van der Waals surface area contributed by atoms with Gasteiger partial charge in [0.1, 0.15) is 13.2 Å². The highest BCUT2D eigenvalue weighted by atomic mass is 16.6. The van der Waals surface area contributed by atoms with E-state index in [4.69, 9.17) is 14.2 Å². The van der Waals surface area contributed by atoms with Gasteiger partial charge < -0.3 is 14.2 Å². The van der Waals surface area contributed by atoms with E-state index in [1.54, 1.807) is 0 Å². The van der Waals surface area contributed by atoms with E-state index in [0.717, 1.165) is 96.3 Å². The van der Waals surface area contributed by atoms with Crippen molar-refractivity contribution < 1.29 is 28.6 Å². The molecule has 0 radical (unpaired) electrons. The molecular formula is C61H106O6. The lowest BCUT2D eigenvalue weighted by atomic mass is 10.1. The van der Waals surface area contributed by atoms with Gasteiger partial charge in [-0.1, -0.05) is 248 Å². The van der Waals surface area contributed by atoms with Crippen LogP contribution in [0.3, 0.4) is 0 Å². The van der Waals surface area contributed by atoms with Gasteiger partial charge in [0, 0.05) is 19.3 Å². The molecule has 386 valence electrons. The third-order valence-corrected chi connectivity index (χ3v) is 12.2. The maximum absolute atomic E-state index is 12.9. The highest BCUT2D eigenvalue weighted by molar-refractivity contribution is 5.71. The predicted octanol–water partition coefficient (Wildman–Crippen LogP) is 19.0. The normalized spacial score (nSPS) is 12.6. The molecule has 0 aliphatic heterocycles. The van der Waals surface area contributed by atoms with Crippen molar-refractivity contribution in [1.29, 1.82) is 0 Å². The number of ether oxygens (including phenoxy) is 3. The van der Waals surface area contributed by atoms with Crippen LogP contribution in [0.1, 0.15) is 278 Å². The predicted molar refractivity (Wildman–Crippen MR) is 288 cm³/mol. The van der Waals surface area contributed by atoms with E-state index < -0.39 is 6.10 Å². The summed E-state index contributed by atoms with van der Waals surface area (Å²) in [4.78, 5) is 38.1. The second kappa shape index (κ2) is 55.4. The second-order valence-electron chi connectivity index (χ2n) is 18.8. The van der Waals surface area contributed by atoms with Crippen molar-refractivity contribution in [2.75, 3.05) is 13.2 Å². The molecule has 0 rings (SSSR count). The molecule has 67 heavy (non-hydrogen) atoms. The Morgan fingerprint density at radius 2 is 0.582 bits per heavy atom. The molecule has 0 N–H and O–H groups in total. The van der Waals surface area contributed by atoms with Crippen LogP contribution < -0.4 is 0 Å². The Hall–Kier alpha value is -3.15. The van der Waals surface area contributed by atoms with Crippen LogP contribution >= 0.6 is 0 Å². The largest absolute Gasteiger partial charge is 0.462 e. The molecule has 6 nitrogen and oxygen atoms in total. The number of hydrogen-bond donors (Lipinski definition) is 0. The van der Waals surface area contributed by atoms with Crippen molar-refractivity contribution in [2.24, 2.45) is 0 Å². The Morgan fingerprint density at radius 3 is 0.910 bits per heavy atom. The minimum absolute atomic E-state index is 0.0769. The molecule has 0 fully saturated rings. The van der Waals surface area contributed by atoms with Gasteiger partial charge in [-0.15, -0.1) is 0 Å². The number of unbranched alkanes of at least 4 members (excludes halogenated alkanes) is 28. The Labute approximate surface area is 414 Å². The third-order valence-electron chi connectivity index (χ3n) is 12.2. The summed E-state index contributed by atoms with van der Waals surface area (Å²) in [5.74, 6) is -0.880. The van der Waals surface area contributed by atoms with Crippen molar-refractivity contribution in [3.8, 4) is 0 Å². The molecule has 0 aliphatic rings. The maximum atomic E-state index is 12.9. The number of hydrogen-bond acceptors (Lipinski definition) is 6. The molecule has 0 bridgehead atoms. The average molecular weight is 936 g/mol. The van der Waals surface area contributed by atoms with Crippen LogP contribution in [-0.4, -0.2) is 37.2 Å². The molecule has 6 heteroatoms. The first-order valence-corrected chi connectivity index (χ1v) is 28.4. The highest BCUT2D eigenvalue weighted by Gasteiger charge is 2.19. The number of esters is 3. The summed E-state index contributed by atoms with van der Waals surface area (Å²) >= 11 is 0. The summed E-state index contributed by atoms with van der Waals surface area (Å²) in [6, 6.07) is 0. The summed E-state index contributed by atoms with van der Waals surface area (Å²) in [6.45, 7) is 6.43. The van der Waals surface area contributed by atoms with Crippen LogP contribution in [-0.2, 0) is 28.6 Å². The SMILES string of the molecule is CC/C=C\C/C=C\C/C=C\CCCCCCCCCCCC(=O)OCC(COC(=O)CCCCCCCCCCCCC)OC(=O)CCCCCCCCCCC/C=C\C/C=C\C/C=C\CC. The quantitative estimate of drug-likeness (QED) is 0.0262. The summed E-state index contributed by atoms with van der Waals surface area (Å²) in [7, 11) is 0. The number of carbonyl (C=O) groups excluding carboxylic acids is 3. The van der Waals surface area contributed by atoms with Crippen LogP contribution in [0.15, 0.2) is 72.9 Å². The van der Waals surface area contributed by atoms with Crippen molar-refractivity contribution in [3.05, 3.63) is 72.9 Å². The van der Waals surface area contributed by atoms with Gasteiger partial charge in [-0.05, 0) is 83.5 Å². The fourth-order valence-corrected chi connectivity index (χ4v) is 8.00. The van der Waals surface area contributed by atoms with Crippen molar-refractivity contribution >= 4 is 17.9 Å². The van der Waals surface area contributed by atoms with E-state index >= 15 is 0 Å². The molecule has 0 spiro atoms. The minimum Gasteiger partial charge on any atom is -0.462 e. The van der Waals surface area contributed by atoms with Gasteiger partial charge in [-0.3, -0.25) is 14.4 Å². The highest BCUT2D eigenvalue weighted by Crippen LogP contribution is 2.16. The third kappa shape index (κ3) is 53.7. The molecule has 1 unspecified atom stereocenters. The van der Waals surface area contributed by atoms with Crippen molar-refractivity contribution in [3.63, 3.8) is 0 Å². The van der Waals surface area contributed by atoms with Gasteiger partial charge in [0.15, 0.2) is 6.10 Å². The number of carbonyl (C=O) groups is 3. The lowest BCUT2D eigenvalue weighted by molar-refractivity contribution is -0.167. The Kier molecular flexibility index (Phi) is 52.8. The van der Waals surface area contributed by atoms with Crippen LogP contribution in [0.4, 0.5) is 0 Å². The van der Waals surface area contributed by atoms with E-state index in [2.05, 4.69) is 93.7 Å². The minimum atomic E-state index is -0.779. The van der Waals surface area contributed by atoms with Gasteiger partial charge in [-0.2, -0.15) is 0 Å². The zero-order valence-corrected chi connectivity index (χ0v) is 44.2. The van der Waals surface area contributed by atoms with Crippen LogP contribution in [0, 0.1) is 0 Å². The van der Waals surface area contributed by atoms with Gasteiger partial charge in [-0.25, -0.2) is 0 Å². The average Bonchev–Trinajstić information content (AvgIpc) is 3.33. The topological polar surface area (TPSA) is 78.9 Å². The zero-order chi connectivity index (χ0) is 48.6. The smallest absolute Gasteiger partial charge is 0.306 e. The molecule has 0 saturated carbocycles. The molecular weight excluding hydrogens is 829 g/mol. The lowest BCUT2D eigenvalue weighted by Gasteiger charge is -2.18. The second-order valence-corrected chi connectivity index (χ2v) is 18.8. The van der Waals surface area contributed by atoms with Crippen LogP contribution in [0.5, 0.6) is 0 Å². The van der Waals surface area contributed by atoms with Crippen molar-refractivity contribution in [1.82, 2.24) is 0 Å². The first kappa shape index (κ1) is 63.8. The molecule has 0 heterocycles. The van der Waals surface area contributed by atoms with E-state index in [1.165, 1.54) is 141 Å². The summed E-state index contributed by atoms with van der Waals surface area (Å²) in [5.41, 5.74) is 0. The molecule has 0 saturated heterocycles. The number of allylic oxidation sites excluding steroid dienone is 12. The molecule has 0 aromatic rings. The molecule has 0 amide bonds. The van der Waals surface area contributed by atoms with Crippen LogP contribution in [0.2, 0.25) is 0 Å². The lowest BCUT2D eigenvalue weighted by Crippen LogP contribution is -2.30. The van der Waals surface area contributed by atoms with Crippen molar-refractivity contribution in [2.45, 2.75) is 284 Å². The fourth-order valence-electron chi connectivity index (χ4n) is 8.00. The van der Waals surface area contributed by atoms with Gasteiger partial charge in [0.25, 0.3) is 0 Å². The number of rotatable bonds is 51. The first-order valence-electron chi connectivity index (χ1n) is 28.4. The van der Waals surface area contributed by atoms with E-state index in [1.807, 2.05) is 0 Å². The van der Waals surface area contributed by atoms with Gasteiger partial charge in [0.2, 0.25) is 0 Å². The Morgan fingerprint density at radius 1 is 0.313 bits per heavy atom. The monoisotopic (exact) mass is 935 g/mol. The van der Waals surface area contributed by atoms with E-state index in [0.29, 0.717) is 19.3 Å². The zero-order valence-electron chi connectivity index (χ0n) is 44.2. The van der Waals surface area contributed by atoms with Crippen LogP contribution in [0.25, 0.3) is 0 Å². The standard InChI is InChI=1S/C61H106O6/c1-4-7-10-13-16-19-22-24-26-28-30-32-34-36-39-42-45-48-51-54-60(63)66-57-58(56-65-59(62)53-50-47-44-41-38-21-18-15-12-9-6-3)67-61(64)55-52-49-46-43-40-37-35-33-31-29-27-25-23-20-17-14-11-8-5-2/h7-8,10-11,16-17,19-20,24-27,58H,4-6,9,12-15,18,21-23,28-57H2,1-3H3/b10-7-,11-8-,19-16-,20-17-,26-24-,27-25-. The van der Waals surface area contributed by atoms with Gasteiger partial charge >= 0.3 is 17.9 Å². The Balaban J connectivity index is 4.33. The van der Waals surface area contributed by atoms with E-state index in [-0.39, 0.29) is 31.1 Å². The summed E-state index contributed by atoms with van der Waals surface area (Å²) in [6.07, 6.45) is 70.3. The van der Waals surface area contributed by atoms with Gasteiger partial charge in [0.05, 0.1) is 0 Å².